The Hall–Kier alpha value is -1.76. The minimum Gasteiger partial charge on any atom is -0.484 e. The number of ether oxygens (including phenoxy) is 1. The van der Waals surface area contributed by atoms with E-state index in [0.29, 0.717) is 5.69 Å². The second kappa shape index (κ2) is 8.37. The number of hydrogen-bond donors (Lipinski definition) is 1. The van der Waals surface area contributed by atoms with Crippen molar-refractivity contribution in [1.82, 2.24) is 4.90 Å². The van der Waals surface area contributed by atoms with Gasteiger partial charge >= 0.3 is 6.18 Å². The van der Waals surface area contributed by atoms with Crippen LogP contribution in [0.15, 0.2) is 24.3 Å². The fraction of sp³-hybridized carbons (Fsp3) is 0.588. The molecule has 7 heteroatoms. The first-order valence-electron chi connectivity index (χ1n) is 8.23. The molecule has 1 heterocycles. The predicted molar refractivity (Wildman–Crippen MR) is 86.1 cm³/mol. The van der Waals surface area contributed by atoms with Crippen molar-refractivity contribution in [3.63, 3.8) is 0 Å². The molecular formula is C17H23F3N2O2. The van der Waals surface area contributed by atoms with Gasteiger partial charge in [-0.05, 0) is 44.5 Å². The monoisotopic (exact) mass is 344 g/mol. The van der Waals surface area contributed by atoms with Crippen LogP contribution >= 0.6 is 0 Å². The van der Waals surface area contributed by atoms with Crippen molar-refractivity contribution >= 4 is 11.6 Å². The molecule has 0 bridgehead atoms. The lowest BCUT2D eigenvalue weighted by Gasteiger charge is -2.34. The molecule has 134 valence electrons. The lowest BCUT2D eigenvalue weighted by molar-refractivity contribution is -0.153. The third kappa shape index (κ3) is 5.70. The minimum atomic E-state index is -4.39. The van der Waals surface area contributed by atoms with Crippen LogP contribution in [0, 0.1) is 0 Å². The van der Waals surface area contributed by atoms with E-state index in [1.54, 1.807) is 12.1 Å². The minimum absolute atomic E-state index is 0.0826. The Morgan fingerprint density at radius 2 is 2.17 bits per heavy atom. The summed E-state index contributed by atoms with van der Waals surface area (Å²) in [5.41, 5.74) is 0.446. The van der Waals surface area contributed by atoms with Crippen LogP contribution in [0.4, 0.5) is 18.9 Å². The van der Waals surface area contributed by atoms with Gasteiger partial charge in [-0.15, -0.1) is 0 Å². The van der Waals surface area contributed by atoms with Gasteiger partial charge in [0.05, 0.1) is 6.04 Å². The van der Waals surface area contributed by atoms with E-state index >= 15 is 0 Å². The van der Waals surface area contributed by atoms with Gasteiger partial charge in [0.1, 0.15) is 5.75 Å². The molecule has 1 unspecified atom stereocenters. The van der Waals surface area contributed by atoms with E-state index < -0.39 is 12.8 Å². The molecule has 0 radical (unpaired) electrons. The fourth-order valence-corrected chi connectivity index (χ4v) is 2.90. The Morgan fingerprint density at radius 1 is 1.38 bits per heavy atom. The summed E-state index contributed by atoms with van der Waals surface area (Å²) in [4.78, 5) is 14.7. The van der Waals surface area contributed by atoms with Gasteiger partial charge in [-0.1, -0.05) is 19.4 Å². The highest BCUT2D eigenvalue weighted by molar-refractivity contribution is 5.95. The number of nitrogens with zero attached hydrogens (tertiary/aromatic N) is 1. The molecule has 1 atom stereocenters. The largest absolute Gasteiger partial charge is 0.484 e. The number of hydrogen-bond acceptors (Lipinski definition) is 3. The van der Waals surface area contributed by atoms with Crippen molar-refractivity contribution in [2.24, 2.45) is 0 Å². The van der Waals surface area contributed by atoms with Gasteiger partial charge in [0, 0.05) is 11.8 Å². The van der Waals surface area contributed by atoms with E-state index in [1.807, 2.05) is 0 Å². The third-order valence-electron chi connectivity index (χ3n) is 3.93. The topological polar surface area (TPSA) is 41.6 Å². The van der Waals surface area contributed by atoms with Crippen LogP contribution in [0.3, 0.4) is 0 Å². The molecule has 0 aliphatic carbocycles. The Balaban J connectivity index is 1.97. The molecule has 1 saturated heterocycles. The number of halogens is 3. The van der Waals surface area contributed by atoms with Gasteiger partial charge in [0.15, 0.2) is 6.61 Å². The number of benzene rings is 1. The first-order valence-corrected chi connectivity index (χ1v) is 8.23. The summed E-state index contributed by atoms with van der Waals surface area (Å²) in [6.45, 7) is 2.50. The average Bonchev–Trinajstić information content (AvgIpc) is 2.53. The van der Waals surface area contributed by atoms with Gasteiger partial charge in [0.25, 0.3) is 0 Å². The van der Waals surface area contributed by atoms with Gasteiger partial charge in [-0.3, -0.25) is 9.69 Å². The fourth-order valence-electron chi connectivity index (χ4n) is 2.90. The molecule has 1 aliphatic heterocycles. The van der Waals surface area contributed by atoms with Crippen LogP contribution in [-0.4, -0.2) is 42.7 Å². The molecule has 0 spiro atoms. The summed E-state index contributed by atoms with van der Waals surface area (Å²) >= 11 is 0. The summed E-state index contributed by atoms with van der Waals surface area (Å²) in [6.07, 6.45) is -0.514. The molecular weight excluding hydrogens is 321 g/mol. The van der Waals surface area contributed by atoms with Crippen LogP contribution in [0.1, 0.15) is 32.6 Å². The number of piperidine rings is 1. The second-order valence-corrected chi connectivity index (χ2v) is 5.97. The first kappa shape index (κ1) is 18.6. The molecule has 1 aromatic rings. The van der Waals surface area contributed by atoms with E-state index in [1.165, 1.54) is 12.1 Å². The molecule has 1 aliphatic rings. The number of carbonyl (C=O) groups excluding carboxylic acids is 1. The van der Waals surface area contributed by atoms with Gasteiger partial charge in [-0.25, -0.2) is 0 Å². The summed E-state index contributed by atoms with van der Waals surface area (Å²) in [7, 11) is 0. The highest BCUT2D eigenvalue weighted by Crippen LogP contribution is 2.23. The van der Waals surface area contributed by atoms with Crippen molar-refractivity contribution in [1.29, 1.82) is 0 Å². The average molecular weight is 344 g/mol. The van der Waals surface area contributed by atoms with E-state index in [2.05, 4.69) is 17.1 Å². The van der Waals surface area contributed by atoms with Crippen LogP contribution < -0.4 is 10.1 Å². The maximum Gasteiger partial charge on any atom is 0.422 e. The molecule has 1 aromatic carbocycles. The van der Waals surface area contributed by atoms with Crippen molar-refractivity contribution in [2.75, 3.05) is 25.0 Å². The quantitative estimate of drug-likeness (QED) is 0.853. The van der Waals surface area contributed by atoms with Gasteiger partial charge < -0.3 is 10.1 Å². The van der Waals surface area contributed by atoms with Crippen LogP contribution in [-0.2, 0) is 4.79 Å². The normalized spacial score (nSPS) is 19.1. The number of anilines is 1. The highest BCUT2D eigenvalue weighted by Gasteiger charge is 2.29. The molecule has 0 aromatic heterocycles. The van der Waals surface area contributed by atoms with Crippen LogP contribution in [0.2, 0.25) is 0 Å². The van der Waals surface area contributed by atoms with E-state index in [-0.39, 0.29) is 17.7 Å². The number of nitrogens with one attached hydrogen (secondary N) is 1. The Labute approximate surface area is 140 Å². The first-order chi connectivity index (χ1) is 11.4. The number of carbonyl (C=O) groups is 1. The maximum atomic E-state index is 12.5. The highest BCUT2D eigenvalue weighted by atomic mass is 19.4. The zero-order chi connectivity index (χ0) is 17.6. The molecule has 2 rings (SSSR count). The zero-order valence-corrected chi connectivity index (χ0v) is 13.7. The summed E-state index contributed by atoms with van der Waals surface area (Å²) in [6, 6.07) is 5.87. The third-order valence-corrected chi connectivity index (χ3v) is 3.93. The summed E-state index contributed by atoms with van der Waals surface area (Å²) in [5.74, 6) is -0.0321. The maximum absolute atomic E-state index is 12.5. The number of alkyl halides is 3. The summed E-state index contributed by atoms with van der Waals surface area (Å²) in [5, 5.41) is 2.80. The van der Waals surface area contributed by atoms with Crippen molar-refractivity contribution in [2.45, 2.75) is 44.8 Å². The van der Waals surface area contributed by atoms with E-state index in [0.717, 1.165) is 38.8 Å². The van der Waals surface area contributed by atoms with E-state index in [9.17, 15) is 18.0 Å². The lowest BCUT2D eigenvalue weighted by atomic mass is 10.0. The number of likely N-dealkylation sites (tertiary alicyclic amines) is 1. The molecule has 0 saturated carbocycles. The van der Waals surface area contributed by atoms with Crippen molar-refractivity contribution in [3.05, 3.63) is 24.3 Å². The van der Waals surface area contributed by atoms with Gasteiger partial charge in [0.2, 0.25) is 5.91 Å². The Morgan fingerprint density at radius 3 is 2.88 bits per heavy atom. The summed E-state index contributed by atoms with van der Waals surface area (Å²) < 4.78 is 41.3. The zero-order valence-electron chi connectivity index (χ0n) is 13.7. The predicted octanol–water partition coefficient (Wildman–Crippen LogP) is 3.83. The molecule has 1 amide bonds. The molecule has 1 fully saturated rings. The number of amides is 1. The lowest BCUT2D eigenvalue weighted by Crippen LogP contribution is -2.47. The Kier molecular flexibility index (Phi) is 6.48. The van der Waals surface area contributed by atoms with Crippen LogP contribution in [0.5, 0.6) is 5.75 Å². The molecule has 4 nitrogen and oxygen atoms in total. The SMILES string of the molecule is CCCN1CCCCC1C(=O)Nc1cccc(OCC(F)(F)F)c1. The van der Waals surface area contributed by atoms with Gasteiger partial charge in [-0.2, -0.15) is 13.2 Å². The van der Waals surface area contributed by atoms with Crippen molar-refractivity contribution in [3.8, 4) is 5.75 Å². The second-order valence-electron chi connectivity index (χ2n) is 5.97. The molecule has 24 heavy (non-hydrogen) atoms. The van der Waals surface area contributed by atoms with Crippen LogP contribution in [0.25, 0.3) is 0 Å². The standard InChI is InChI=1S/C17H23F3N2O2/c1-2-9-22-10-4-3-8-15(22)16(23)21-13-6-5-7-14(11-13)24-12-17(18,19)20/h5-7,11,15H,2-4,8-10,12H2,1H3,(H,21,23). The smallest absolute Gasteiger partial charge is 0.422 e. The molecule has 1 N–H and O–H groups in total. The number of rotatable bonds is 6. The Bertz CT molecular complexity index is 547. The van der Waals surface area contributed by atoms with Crippen molar-refractivity contribution < 1.29 is 22.7 Å². The van der Waals surface area contributed by atoms with E-state index in [4.69, 9.17) is 4.74 Å².